The predicted octanol–water partition coefficient (Wildman–Crippen LogP) is 2.10. The molecule has 0 spiro atoms. The van der Waals surface area contributed by atoms with Gasteiger partial charge in [0.1, 0.15) is 0 Å². The molecule has 0 atom stereocenters. The van der Waals surface area contributed by atoms with E-state index in [-0.39, 0.29) is 5.91 Å². The van der Waals surface area contributed by atoms with E-state index < -0.39 is 0 Å². The van der Waals surface area contributed by atoms with E-state index in [0.717, 1.165) is 17.5 Å². The number of carbonyl (C=O) groups is 1. The Morgan fingerprint density at radius 2 is 1.88 bits per heavy atom. The van der Waals surface area contributed by atoms with Crippen LogP contribution in [0, 0.1) is 13.8 Å². The van der Waals surface area contributed by atoms with Gasteiger partial charge in [-0.1, -0.05) is 29.4 Å². The molecular formula is C13H18N2OS. The van der Waals surface area contributed by atoms with Crippen LogP contribution in [-0.2, 0) is 0 Å². The summed E-state index contributed by atoms with van der Waals surface area (Å²) in [5, 5.41) is 2.85. The van der Waals surface area contributed by atoms with Gasteiger partial charge in [0, 0.05) is 12.1 Å². The van der Waals surface area contributed by atoms with Gasteiger partial charge in [-0.05, 0) is 38.8 Å². The van der Waals surface area contributed by atoms with E-state index in [9.17, 15) is 4.79 Å². The van der Waals surface area contributed by atoms with Crippen LogP contribution < -0.4 is 11.1 Å². The van der Waals surface area contributed by atoms with Crippen LogP contribution in [0.4, 0.5) is 0 Å². The highest BCUT2D eigenvalue weighted by molar-refractivity contribution is 7.80. The number of hydrogen-bond acceptors (Lipinski definition) is 2. The number of amides is 1. The van der Waals surface area contributed by atoms with Gasteiger partial charge in [-0.2, -0.15) is 0 Å². The lowest BCUT2D eigenvalue weighted by atomic mass is 10.1. The number of carbonyl (C=O) groups excluding carboxylic acids is 1. The minimum Gasteiger partial charge on any atom is -0.393 e. The standard InChI is InChI=1S/C13H18N2OS/c1-9-6-10(2)8-11(7-9)13(16)15-5-3-4-12(14)17/h6-8H,3-5H2,1-2H3,(H2,14,17)(H,15,16). The average Bonchev–Trinajstić information content (AvgIpc) is 2.22. The fraction of sp³-hybridized carbons (Fsp3) is 0.385. The van der Waals surface area contributed by atoms with E-state index >= 15 is 0 Å². The number of thiocarbonyl (C=S) groups is 1. The van der Waals surface area contributed by atoms with Crippen molar-refractivity contribution >= 4 is 23.1 Å². The SMILES string of the molecule is Cc1cc(C)cc(C(=O)NCCCC(N)=S)c1. The number of nitrogens with one attached hydrogen (secondary N) is 1. The van der Waals surface area contributed by atoms with Gasteiger partial charge in [-0.15, -0.1) is 0 Å². The van der Waals surface area contributed by atoms with Gasteiger partial charge in [0.05, 0.1) is 4.99 Å². The summed E-state index contributed by atoms with van der Waals surface area (Å²) in [7, 11) is 0. The van der Waals surface area contributed by atoms with Crippen LogP contribution in [0.15, 0.2) is 18.2 Å². The van der Waals surface area contributed by atoms with Crippen LogP contribution in [0.2, 0.25) is 0 Å². The molecule has 0 fully saturated rings. The number of nitrogens with two attached hydrogens (primary N) is 1. The van der Waals surface area contributed by atoms with Crippen molar-refractivity contribution in [1.29, 1.82) is 0 Å². The first-order chi connectivity index (χ1) is 7.99. The molecule has 0 unspecified atom stereocenters. The highest BCUT2D eigenvalue weighted by atomic mass is 32.1. The van der Waals surface area contributed by atoms with Crippen molar-refractivity contribution in [2.24, 2.45) is 5.73 Å². The maximum absolute atomic E-state index is 11.8. The molecule has 1 rings (SSSR count). The molecule has 0 saturated heterocycles. The van der Waals surface area contributed by atoms with E-state index in [4.69, 9.17) is 18.0 Å². The lowest BCUT2D eigenvalue weighted by Gasteiger charge is -2.06. The van der Waals surface area contributed by atoms with E-state index in [0.29, 0.717) is 23.5 Å². The zero-order chi connectivity index (χ0) is 12.8. The second-order valence-electron chi connectivity index (χ2n) is 4.20. The first-order valence-corrected chi connectivity index (χ1v) is 6.04. The highest BCUT2D eigenvalue weighted by Gasteiger charge is 2.05. The van der Waals surface area contributed by atoms with Crippen LogP contribution >= 0.6 is 12.2 Å². The van der Waals surface area contributed by atoms with Crippen LogP contribution in [0.1, 0.15) is 34.3 Å². The lowest BCUT2D eigenvalue weighted by molar-refractivity contribution is 0.0953. The van der Waals surface area contributed by atoms with Crippen molar-refractivity contribution in [3.05, 3.63) is 34.9 Å². The van der Waals surface area contributed by atoms with E-state index in [1.54, 1.807) is 0 Å². The zero-order valence-corrected chi connectivity index (χ0v) is 11.1. The summed E-state index contributed by atoms with van der Waals surface area (Å²) in [6.07, 6.45) is 1.45. The van der Waals surface area contributed by atoms with Gasteiger partial charge < -0.3 is 11.1 Å². The highest BCUT2D eigenvalue weighted by Crippen LogP contribution is 2.08. The number of hydrogen-bond donors (Lipinski definition) is 2. The van der Waals surface area contributed by atoms with Gasteiger partial charge in [-0.3, -0.25) is 4.79 Å². The third-order valence-corrected chi connectivity index (χ3v) is 2.57. The minimum absolute atomic E-state index is 0.0419. The third-order valence-electron chi connectivity index (χ3n) is 2.37. The molecule has 0 radical (unpaired) electrons. The summed E-state index contributed by atoms with van der Waals surface area (Å²) in [5.41, 5.74) is 8.28. The van der Waals surface area contributed by atoms with Gasteiger partial charge in [0.2, 0.25) is 0 Å². The van der Waals surface area contributed by atoms with Gasteiger partial charge in [0.15, 0.2) is 0 Å². The van der Waals surface area contributed by atoms with Crippen LogP contribution in [0.3, 0.4) is 0 Å². The Labute approximate surface area is 107 Å². The number of benzene rings is 1. The van der Waals surface area contributed by atoms with Crippen LogP contribution in [0.5, 0.6) is 0 Å². The molecule has 17 heavy (non-hydrogen) atoms. The summed E-state index contributed by atoms with van der Waals surface area (Å²) in [4.78, 5) is 12.3. The summed E-state index contributed by atoms with van der Waals surface area (Å²) >= 11 is 4.77. The monoisotopic (exact) mass is 250 g/mol. The molecule has 0 aliphatic heterocycles. The minimum atomic E-state index is -0.0419. The first kappa shape index (κ1) is 13.6. The molecule has 92 valence electrons. The Balaban J connectivity index is 2.49. The van der Waals surface area contributed by atoms with Gasteiger partial charge in [0.25, 0.3) is 5.91 Å². The summed E-state index contributed by atoms with van der Waals surface area (Å²) in [5.74, 6) is -0.0419. The average molecular weight is 250 g/mol. The fourth-order valence-electron chi connectivity index (χ4n) is 1.67. The molecule has 0 aromatic heterocycles. The third kappa shape index (κ3) is 4.95. The van der Waals surface area contributed by atoms with E-state index in [1.807, 2.05) is 32.0 Å². The Kier molecular flexibility index (Phi) is 5.10. The molecule has 3 N–H and O–H groups in total. The molecule has 0 saturated carbocycles. The van der Waals surface area contributed by atoms with E-state index in [1.165, 1.54) is 0 Å². The normalized spacial score (nSPS) is 10.0. The molecule has 0 aliphatic carbocycles. The Hall–Kier alpha value is -1.42. The first-order valence-electron chi connectivity index (χ1n) is 5.64. The molecule has 0 heterocycles. The molecule has 0 aliphatic rings. The molecule has 3 nitrogen and oxygen atoms in total. The number of aryl methyl sites for hydroxylation is 2. The molecule has 1 aromatic rings. The van der Waals surface area contributed by atoms with Crippen LogP contribution in [0.25, 0.3) is 0 Å². The Morgan fingerprint density at radius 1 is 1.29 bits per heavy atom. The predicted molar refractivity (Wildman–Crippen MR) is 74.3 cm³/mol. The summed E-state index contributed by atoms with van der Waals surface area (Å²) in [6, 6.07) is 5.81. The molecule has 1 aromatic carbocycles. The molecular weight excluding hydrogens is 232 g/mol. The number of rotatable bonds is 5. The summed E-state index contributed by atoms with van der Waals surface area (Å²) in [6.45, 7) is 4.57. The maximum Gasteiger partial charge on any atom is 0.251 e. The van der Waals surface area contributed by atoms with Crippen molar-refractivity contribution in [1.82, 2.24) is 5.32 Å². The van der Waals surface area contributed by atoms with Crippen LogP contribution in [-0.4, -0.2) is 17.4 Å². The van der Waals surface area contributed by atoms with Crippen molar-refractivity contribution in [3.8, 4) is 0 Å². The van der Waals surface area contributed by atoms with Crippen molar-refractivity contribution < 1.29 is 4.79 Å². The maximum atomic E-state index is 11.8. The fourth-order valence-corrected chi connectivity index (χ4v) is 1.82. The van der Waals surface area contributed by atoms with E-state index in [2.05, 4.69) is 5.32 Å². The molecule has 1 amide bonds. The lowest BCUT2D eigenvalue weighted by Crippen LogP contribution is -2.25. The zero-order valence-electron chi connectivity index (χ0n) is 10.2. The largest absolute Gasteiger partial charge is 0.393 e. The molecule has 4 heteroatoms. The topological polar surface area (TPSA) is 55.1 Å². The van der Waals surface area contributed by atoms with Crippen molar-refractivity contribution in [2.45, 2.75) is 26.7 Å². The second-order valence-corrected chi connectivity index (χ2v) is 4.73. The van der Waals surface area contributed by atoms with Gasteiger partial charge >= 0.3 is 0 Å². The van der Waals surface area contributed by atoms with Crippen molar-refractivity contribution in [2.75, 3.05) is 6.54 Å². The Morgan fingerprint density at radius 3 is 2.41 bits per heavy atom. The Bertz CT molecular complexity index is 409. The molecule has 0 bridgehead atoms. The van der Waals surface area contributed by atoms with Gasteiger partial charge in [-0.25, -0.2) is 0 Å². The summed E-state index contributed by atoms with van der Waals surface area (Å²) < 4.78 is 0. The second kappa shape index (κ2) is 6.35. The smallest absolute Gasteiger partial charge is 0.251 e. The van der Waals surface area contributed by atoms with Crippen molar-refractivity contribution in [3.63, 3.8) is 0 Å². The quantitative estimate of drug-likeness (QED) is 0.621.